The summed E-state index contributed by atoms with van der Waals surface area (Å²) in [7, 11) is 0. The molecule has 1 aromatic carbocycles. The summed E-state index contributed by atoms with van der Waals surface area (Å²) < 4.78 is 14.4. The molecule has 1 nitrogen and oxygen atoms in total. The van der Waals surface area contributed by atoms with Crippen LogP contribution in [0.25, 0.3) is 0 Å². The van der Waals surface area contributed by atoms with Crippen molar-refractivity contribution >= 4 is 15.9 Å². The smallest absolute Gasteiger partial charge is 0.127 e. The van der Waals surface area contributed by atoms with Crippen LogP contribution >= 0.6 is 15.9 Å². The molecule has 1 N–H and O–H groups in total. The zero-order valence-corrected chi connectivity index (χ0v) is 9.64. The first-order chi connectivity index (χ1) is 6.66. The molecular weight excluding hydrogens is 245 g/mol. The molecule has 0 bridgehead atoms. The van der Waals surface area contributed by atoms with Gasteiger partial charge in [0.15, 0.2) is 0 Å². The maximum absolute atomic E-state index is 13.6. The summed E-state index contributed by atoms with van der Waals surface area (Å²) in [5.41, 5.74) is 0.838. The summed E-state index contributed by atoms with van der Waals surface area (Å²) in [4.78, 5) is 0. The Morgan fingerprint density at radius 1 is 1.50 bits per heavy atom. The van der Waals surface area contributed by atoms with Gasteiger partial charge in [-0.25, -0.2) is 4.39 Å². The highest BCUT2D eigenvalue weighted by Gasteiger charge is 2.24. The lowest BCUT2D eigenvalue weighted by Crippen LogP contribution is -2.16. The van der Waals surface area contributed by atoms with Crippen molar-refractivity contribution in [1.82, 2.24) is 5.32 Å². The SMILES string of the molecule is CC1CC(c2ccc(Br)cc2F)CN1. The Kier molecular flexibility index (Phi) is 2.88. The van der Waals surface area contributed by atoms with Gasteiger partial charge in [0.05, 0.1) is 0 Å². The molecule has 1 aliphatic heterocycles. The molecule has 2 atom stereocenters. The molecule has 1 aromatic rings. The van der Waals surface area contributed by atoms with Crippen LogP contribution in [0.1, 0.15) is 24.8 Å². The molecule has 0 aromatic heterocycles. The summed E-state index contributed by atoms with van der Waals surface area (Å²) in [5.74, 6) is 0.235. The highest BCUT2D eigenvalue weighted by atomic mass is 79.9. The van der Waals surface area contributed by atoms with Crippen LogP contribution in [0.2, 0.25) is 0 Å². The van der Waals surface area contributed by atoms with E-state index in [1.807, 2.05) is 12.1 Å². The number of hydrogen-bond acceptors (Lipinski definition) is 1. The van der Waals surface area contributed by atoms with Gasteiger partial charge >= 0.3 is 0 Å². The van der Waals surface area contributed by atoms with Crippen LogP contribution in [-0.2, 0) is 0 Å². The van der Waals surface area contributed by atoms with E-state index in [0.29, 0.717) is 12.0 Å². The highest BCUT2D eigenvalue weighted by Crippen LogP contribution is 2.28. The fourth-order valence-electron chi connectivity index (χ4n) is 2.01. The van der Waals surface area contributed by atoms with Crippen LogP contribution in [0, 0.1) is 5.82 Å². The van der Waals surface area contributed by atoms with Crippen molar-refractivity contribution < 1.29 is 4.39 Å². The lowest BCUT2D eigenvalue weighted by molar-refractivity contribution is 0.584. The predicted molar refractivity (Wildman–Crippen MR) is 58.9 cm³/mol. The summed E-state index contributed by atoms with van der Waals surface area (Å²) >= 11 is 3.26. The molecule has 0 amide bonds. The minimum atomic E-state index is -0.0970. The van der Waals surface area contributed by atoms with Gasteiger partial charge in [-0.2, -0.15) is 0 Å². The first-order valence-electron chi connectivity index (χ1n) is 4.85. The van der Waals surface area contributed by atoms with E-state index < -0.39 is 0 Å². The van der Waals surface area contributed by atoms with Crippen LogP contribution < -0.4 is 5.32 Å². The van der Waals surface area contributed by atoms with Gasteiger partial charge in [0.1, 0.15) is 5.82 Å². The first-order valence-corrected chi connectivity index (χ1v) is 5.64. The molecule has 14 heavy (non-hydrogen) atoms. The normalized spacial score (nSPS) is 26.8. The van der Waals surface area contributed by atoms with Crippen molar-refractivity contribution in [3.05, 3.63) is 34.1 Å². The maximum atomic E-state index is 13.6. The van der Waals surface area contributed by atoms with Gasteiger partial charge in [-0.05, 0) is 31.0 Å². The van der Waals surface area contributed by atoms with Gasteiger partial charge in [-0.15, -0.1) is 0 Å². The molecule has 0 spiro atoms. The van der Waals surface area contributed by atoms with Crippen LogP contribution in [0.5, 0.6) is 0 Å². The first kappa shape index (κ1) is 10.1. The maximum Gasteiger partial charge on any atom is 0.127 e. The Morgan fingerprint density at radius 3 is 2.86 bits per heavy atom. The number of hydrogen-bond donors (Lipinski definition) is 1. The number of nitrogens with one attached hydrogen (secondary N) is 1. The molecule has 1 aliphatic rings. The van der Waals surface area contributed by atoms with Gasteiger partial charge in [-0.1, -0.05) is 22.0 Å². The Labute approximate surface area is 91.8 Å². The van der Waals surface area contributed by atoms with Gasteiger partial charge in [0.2, 0.25) is 0 Å². The van der Waals surface area contributed by atoms with Gasteiger partial charge in [0, 0.05) is 23.0 Å². The Bertz CT molecular complexity index is 340. The number of rotatable bonds is 1. The molecule has 1 heterocycles. The van der Waals surface area contributed by atoms with Crippen molar-refractivity contribution in [2.24, 2.45) is 0 Å². The Hall–Kier alpha value is -0.410. The molecule has 0 radical (unpaired) electrons. The minimum absolute atomic E-state index is 0.0970. The van der Waals surface area contributed by atoms with Gasteiger partial charge < -0.3 is 5.32 Å². The Morgan fingerprint density at radius 2 is 2.29 bits per heavy atom. The van der Waals surface area contributed by atoms with Crippen LogP contribution in [-0.4, -0.2) is 12.6 Å². The van der Waals surface area contributed by atoms with E-state index >= 15 is 0 Å². The molecule has 2 unspecified atom stereocenters. The summed E-state index contributed by atoms with van der Waals surface area (Å²) in [6.45, 7) is 3.02. The fraction of sp³-hybridized carbons (Fsp3) is 0.455. The van der Waals surface area contributed by atoms with E-state index in [4.69, 9.17) is 0 Å². The second-order valence-corrected chi connectivity index (χ2v) is 4.82. The fourth-order valence-corrected chi connectivity index (χ4v) is 2.34. The average molecular weight is 258 g/mol. The van der Waals surface area contributed by atoms with E-state index in [0.717, 1.165) is 23.0 Å². The summed E-state index contributed by atoms with van der Waals surface area (Å²) in [6.07, 6.45) is 1.03. The second-order valence-electron chi connectivity index (χ2n) is 3.91. The largest absolute Gasteiger partial charge is 0.314 e. The van der Waals surface area contributed by atoms with E-state index in [-0.39, 0.29) is 5.82 Å². The third-order valence-corrected chi connectivity index (χ3v) is 3.25. The molecular formula is C11H13BrFN. The predicted octanol–water partition coefficient (Wildman–Crippen LogP) is 3.05. The van der Waals surface area contributed by atoms with Crippen molar-refractivity contribution in [3.8, 4) is 0 Å². The standard InChI is InChI=1S/C11H13BrFN/c1-7-4-8(6-14-7)10-3-2-9(12)5-11(10)13/h2-3,5,7-8,14H,4,6H2,1H3. The zero-order chi connectivity index (χ0) is 10.1. The van der Waals surface area contributed by atoms with Crippen LogP contribution in [0.4, 0.5) is 4.39 Å². The molecule has 2 rings (SSSR count). The third-order valence-electron chi connectivity index (χ3n) is 2.75. The van der Waals surface area contributed by atoms with E-state index in [1.165, 1.54) is 0 Å². The molecule has 76 valence electrons. The monoisotopic (exact) mass is 257 g/mol. The van der Waals surface area contributed by atoms with E-state index in [9.17, 15) is 4.39 Å². The van der Waals surface area contributed by atoms with Crippen molar-refractivity contribution in [3.63, 3.8) is 0 Å². The highest BCUT2D eigenvalue weighted by molar-refractivity contribution is 9.10. The topological polar surface area (TPSA) is 12.0 Å². The van der Waals surface area contributed by atoms with Crippen molar-refractivity contribution in [2.75, 3.05) is 6.54 Å². The molecule has 1 fully saturated rings. The molecule has 0 saturated carbocycles. The van der Waals surface area contributed by atoms with Crippen molar-refractivity contribution in [1.29, 1.82) is 0 Å². The average Bonchev–Trinajstić information content (AvgIpc) is 2.51. The Balaban J connectivity index is 2.24. The minimum Gasteiger partial charge on any atom is -0.314 e. The van der Waals surface area contributed by atoms with Crippen LogP contribution in [0.3, 0.4) is 0 Å². The zero-order valence-electron chi connectivity index (χ0n) is 8.06. The molecule has 1 saturated heterocycles. The van der Waals surface area contributed by atoms with E-state index in [2.05, 4.69) is 28.2 Å². The molecule has 3 heteroatoms. The third kappa shape index (κ3) is 1.98. The van der Waals surface area contributed by atoms with Crippen LogP contribution in [0.15, 0.2) is 22.7 Å². The van der Waals surface area contributed by atoms with E-state index in [1.54, 1.807) is 6.07 Å². The summed E-state index contributed by atoms with van der Waals surface area (Å²) in [5, 5.41) is 3.33. The molecule has 0 aliphatic carbocycles. The lowest BCUT2D eigenvalue weighted by Gasteiger charge is -2.10. The number of benzene rings is 1. The van der Waals surface area contributed by atoms with Gasteiger partial charge in [0.25, 0.3) is 0 Å². The quantitative estimate of drug-likeness (QED) is 0.816. The second kappa shape index (κ2) is 3.99. The van der Waals surface area contributed by atoms with Crippen molar-refractivity contribution in [2.45, 2.75) is 25.3 Å². The number of halogens is 2. The lowest BCUT2D eigenvalue weighted by atomic mass is 9.96. The van der Waals surface area contributed by atoms with Gasteiger partial charge in [-0.3, -0.25) is 0 Å². The summed E-state index contributed by atoms with van der Waals surface area (Å²) in [6, 6.07) is 5.83.